The van der Waals surface area contributed by atoms with Crippen LogP contribution in [0, 0.1) is 5.92 Å². The first-order valence-corrected chi connectivity index (χ1v) is 13.3. The largest absolute Gasteiger partial charge is 0.480 e. The summed E-state index contributed by atoms with van der Waals surface area (Å²) in [5.41, 5.74) is 1.70. The first-order chi connectivity index (χ1) is 19.0. The van der Waals surface area contributed by atoms with Crippen molar-refractivity contribution >= 4 is 28.9 Å². The van der Waals surface area contributed by atoms with Crippen LogP contribution in [0.4, 0.5) is 4.79 Å². The Morgan fingerprint density at radius 1 is 1.20 bits per heavy atom. The fourth-order valence-corrected chi connectivity index (χ4v) is 5.58. The number of amides is 1. The van der Waals surface area contributed by atoms with E-state index in [-0.39, 0.29) is 54.3 Å². The molecule has 210 valence electrons. The fraction of sp³-hybridized carbons (Fsp3) is 0.414. The Bertz CT molecular complexity index is 1630. The number of nitrogens with one attached hydrogen (secondary N) is 1. The third-order valence-corrected chi connectivity index (χ3v) is 7.64. The number of fused-ring (bicyclic) bond motifs is 5. The van der Waals surface area contributed by atoms with E-state index in [1.54, 1.807) is 35.8 Å². The van der Waals surface area contributed by atoms with Crippen LogP contribution in [0.15, 0.2) is 29.1 Å². The minimum absolute atomic E-state index is 0.0565. The lowest BCUT2D eigenvalue weighted by Crippen LogP contribution is -2.44. The van der Waals surface area contributed by atoms with Crippen molar-refractivity contribution in [2.24, 2.45) is 5.92 Å². The van der Waals surface area contributed by atoms with E-state index in [0.717, 1.165) is 16.5 Å². The molecule has 3 aromatic rings. The number of hydrogen-bond acceptors (Lipinski definition) is 8. The number of aliphatic hydroxyl groups is 1. The minimum atomic E-state index is -1.91. The SMILES string of the molecule is CCc1c2c(nc3ccc(OC(=O)NC(CC(C)C)C(=O)O)cc13)-c1cc3c(c(=O)n1C2)COC(=O)[C@]3(O)CC. The maximum Gasteiger partial charge on any atom is 0.413 e. The highest BCUT2D eigenvalue weighted by atomic mass is 16.6. The van der Waals surface area contributed by atoms with E-state index in [9.17, 15) is 29.4 Å². The lowest BCUT2D eigenvalue weighted by molar-refractivity contribution is -0.172. The van der Waals surface area contributed by atoms with Gasteiger partial charge in [0.15, 0.2) is 5.60 Å². The molecule has 0 aliphatic carbocycles. The van der Waals surface area contributed by atoms with E-state index in [0.29, 0.717) is 23.3 Å². The normalized spacial score (nSPS) is 18.1. The highest BCUT2D eigenvalue weighted by Gasteiger charge is 2.45. The number of rotatable bonds is 7. The maximum atomic E-state index is 13.5. The minimum Gasteiger partial charge on any atom is -0.480 e. The standard InChI is InChI=1S/C29H31N3O8/c1-5-16-17-10-15(40-28(37)31-22(26(34)35)9-14(3)4)7-8-21(17)30-24-18(16)12-32-23(24)11-20-19(25(32)33)13-39-27(36)29(20,38)6-2/h7-8,10-11,14,22,38H,5-6,9,12-13H2,1-4H3,(H,31,37)(H,34,35)/t22?,29-/m0/s1. The van der Waals surface area contributed by atoms with Crippen LogP contribution in [0.5, 0.6) is 5.75 Å². The van der Waals surface area contributed by atoms with E-state index < -0.39 is 29.7 Å². The predicted molar refractivity (Wildman–Crippen MR) is 144 cm³/mol. The lowest BCUT2D eigenvalue weighted by atomic mass is 9.86. The van der Waals surface area contributed by atoms with Crippen LogP contribution in [0.1, 0.15) is 62.8 Å². The second kappa shape index (κ2) is 10.1. The summed E-state index contributed by atoms with van der Waals surface area (Å²) in [7, 11) is 0. The van der Waals surface area contributed by atoms with Gasteiger partial charge in [-0.15, -0.1) is 0 Å². The zero-order valence-electron chi connectivity index (χ0n) is 22.7. The van der Waals surface area contributed by atoms with Gasteiger partial charge < -0.3 is 29.6 Å². The zero-order valence-corrected chi connectivity index (χ0v) is 22.7. The van der Waals surface area contributed by atoms with Crippen molar-refractivity contribution < 1.29 is 34.1 Å². The smallest absolute Gasteiger partial charge is 0.413 e. The third-order valence-electron chi connectivity index (χ3n) is 7.64. The number of pyridine rings is 2. The molecule has 0 saturated carbocycles. The molecule has 1 aromatic carbocycles. The summed E-state index contributed by atoms with van der Waals surface area (Å²) in [4.78, 5) is 54.7. The van der Waals surface area contributed by atoms with Crippen molar-refractivity contribution in [2.75, 3.05) is 0 Å². The summed E-state index contributed by atoms with van der Waals surface area (Å²) in [5, 5.41) is 23.6. The average Bonchev–Trinajstić information content (AvgIpc) is 3.27. The van der Waals surface area contributed by atoms with E-state index in [2.05, 4.69) is 5.32 Å². The van der Waals surface area contributed by atoms with Gasteiger partial charge in [0, 0.05) is 16.5 Å². The Hall–Kier alpha value is -4.25. The molecule has 0 radical (unpaired) electrons. The zero-order chi connectivity index (χ0) is 28.9. The Kier molecular flexibility index (Phi) is 6.87. The monoisotopic (exact) mass is 549 g/mol. The van der Waals surface area contributed by atoms with Crippen molar-refractivity contribution in [2.45, 2.75) is 71.8 Å². The van der Waals surface area contributed by atoms with E-state index in [1.807, 2.05) is 20.8 Å². The van der Waals surface area contributed by atoms with Crippen molar-refractivity contribution in [1.82, 2.24) is 14.9 Å². The number of aromatic nitrogens is 2. The Labute approximate surface area is 229 Å². The molecule has 0 saturated heterocycles. The van der Waals surface area contributed by atoms with Crippen molar-refractivity contribution in [1.29, 1.82) is 0 Å². The molecule has 1 amide bonds. The molecule has 2 atom stereocenters. The first kappa shape index (κ1) is 27.3. The second-order valence-electron chi connectivity index (χ2n) is 10.6. The number of carboxylic acids is 1. The van der Waals surface area contributed by atoms with Gasteiger partial charge in [-0.05, 0) is 55.0 Å². The summed E-state index contributed by atoms with van der Waals surface area (Å²) in [6.07, 6.45) is 0.0396. The number of aliphatic carboxylic acids is 1. The van der Waals surface area contributed by atoms with E-state index in [1.165, 1.54) is 0 Å². The molecule has 0 bridgehead atoms. The van der Waals surface area contributed by atoms with Crippen LogP contribution in [-0.4, -0.2) is 43.8 Å². The first-order valence-electron chi connectivity index (χ1n) is 13.3. The predicted octanol–water partition coefficient (Wildman–Crippen LogP) is 3.23. The molecule has 2 aliphatic heterocycles. The van der Waals surface area contributed by atoms with Gasteiger partial charge in [-0.1, -0.05) is 27.7 Å². The molecule has 3 N–H and O–H groups in total. The van der Waals surface area contributed by atoms with E-state index in [4.69, 9.17) is 14.5 Å². The summed E-state index contributed by atoms with van der Waals surface area (Å²) in [6, 6.07) is 5.54. The number of benzene rings is 1. The fourth-order valence-electron chi connectivity index (χ4n) is 5.58. The Morgan fingerprint density at radius 3 is 2.60 bits per heavy atom. The molecular formula is C29H31N3O8. The number of aryl methyl sites for hydroxylation is 1. The van der Waals surface area contributed by atoms with Crippen molar-refractivity contribution in [3.63, 3.8) is 0 Å². The number of carbonyl (C=O) groups is 3. The van der Waals surface area contributed by atoms with Crippen LogP contribution in [0.3, 0.4) is 0 Å². The number of carboxylic acid groups (broad SMARTS) is 1. The number of hydrogen-bond donors (Lipinski definition) is 3. The van der Waals surface area contributed by atoms with Gasteiger partial charge >= 0.3 is 18.0 Å². The van der Waals surface area contributed by atoms with Crippen molar-refractivity contribution in [3.05, 3.63) is 56.9 Å². The highest BCUT2D eigenvalue weighted by Crippen LogP contribution is 2.40. The van der Waals surface area contributed by atoms with Gasteiger partial charge in [-0.2, -0.15) is 0 Å². The van der Waals surface area contributed by atoms with Gasteiger partial charge in [0.1, 0.15) is 18.4 Å². The highest BCUT2D eigenvalue weighted by molar-refractivity contribution is 5.90. The Balaban J connectivity index is 1.54. The average molecular weight is 550 g/mol. The van der Waals surface area contributed by atoms with Crippen molar-refractivity contribution in [3.8, 4) is 17.1 Å². The Morgan fingerprint density at radius 2 is 1.95 bits per heavy atom. The molecule has 0 spiro atoms. The number of ether oxygens (including phenoxy) is 2. The summed E-state index contributed by atoms with van der Waals surface area (Å²) >= 11 is 0. The van der Waals surface area contributed by atoms with Crippen LogP contribution in [0.25, 0.3) is 22.3 Å². The number of carbonyl (C=O) groups excluding carboxylic acids is 2. The summed E-state index contributed by atoms with van der Waals surface area (Å²) in [6.45, 7) is 7.40. The van der Waals surface area contributed by atoms with Gasteiger partial charge in [0.2, 0.25) is 0 Å². The van der Waals surface area contributed by atoms with E-state index >= 15 is 0 Å². The molecule has 11 heteroatoms. The molecule has 11 nitrogen and oxygen atoms in total. The van der Waals surface area contributed by atoms with Gasteiger partial charge in [0.05, 0.1) is 29.0 Å². The van der Waals surface area contributed by atoms with Gasteiger partial charge in [-0.25, -0.2) is 19.4 Å². The third kappa shape index (κ3) is 4.40. The second-order valence-corrected chi connectivity index (χ2v) is 10.6. The molecule has 2 aromatic heterocycles. The maximum absolute atomic E-state index is 13.5. The van der Waals surface area contributed by atoms with Crippen LogP contribution < -0.4 is 15.6 Å². The summed E-state index contributed by atoms with van der Waals surface area (Å²) < 4.78 is 12.1. The van der Waals surface area contributed by atoms with Crippen LogP contribution >= 0.6 is 0 Å². The number of esters is 1. The number of nitrogens with zero attached hydrogens (tertiary/aromatic N) is 2. The molecule has 40 heavy (non-hydrogen) atoms. The molecule has 4 heterocycles. The number of cyclic esters (lactones) is 1. The quantitative estimate of drug-likeness (QED) is 0.294. The van der Waals surface area contributed by atoms with Gasteiger partial charge in [0.25, 0.3) is 5.56 Å². The summed E-state index contributed by atoms with van der Waals surface area (Å²) in [5.74, 6) is -1.63. The molecule has 1 unspecified atom stereocenters. The topological polar surface area (TPSA) is 157 Å². The molecule has 2 aliphatic rings. The van der Waals surface area contributed by atoms with Gasteiger partial charge in [-0.3, -0.25) is 4.79 Å². The molecule has 0 fully saturated rings. The van der Waals surface area contributed by atoms with Crippen LogP contribution in [-0.2, 0) is 39.5 Å². The van der Waals surface area contributed by atoms with Crippen LogP contribution in [0.2, 0.25) is 0 Å². The molecule has 5 rings (SSSR count). The lowest BCUT2D eigenvalue weighted by Gasteiger charge is -2.31. The molecular weight excluding hydrogens is 518 g/mol.